The van der Waals surface area contributed by atoms with Gasteiger partial charge in [0, 0.05) is 24.2 Å². The summed E-state index contributed by atoms with van der Waals surface area (Å²) < 4.78 is 10.7. The van der Waals surface area contributed by atoms with Crippen LogP contribution in [0.3, 0.4) is 0 Å². The Labute approximate surface area is 153 Å². The number of hydrogen-bond acceptors (Lipinski definition) is 5. The van der Waals surface area contributed by atoms with Crippen LogP contribution < -0.4 is 15.4 Å². The quantitative estimate of drug-likeness (QED) is 0.714. The smallest absolute Gasteiger partial charge is 0.273 e. The third-order valence-corrected chi connectivity index (χ3v) is 3.78. The molecule has 26 heavy (non-hydrogen) atoms. The second-order valence-corrected chi connectivity index (χ2v) is 6.07. The van der Waals surface area contributed by atoms with Gasteiger partial charge in [0.05, 0.1) is 0 Å². The minimum absolute atomic E-state index is 0.00831. The molecule has 1 aromatic heterocycles. The van der Waals surface area contributed by atoms with Crippen LogP contribution in [0.15, 0.2) is 34.9 Å². The molecule has 2 amide bonds. The number of ether oxygens (including phenoxy) is 1. The van der Waals surface area contributed by atoms with Gasteiger partial charge in [-0.25, -0.2) is 0 Å². The SMILES string of the molecule is CCCC(=O)Nc1ccc(OCc2cc(C(=O)N[C@@H](C)CC)no2)cc1. The van der Waals surface area contributed by atoms with E-state index in [4.69, 9.17) is 9.26 Å². The van der Waals surface area contributed by atoms with Gasteiger partial charge in [-0.1, -0.05) is 19.0 Å². The van der Waals surface area contributed by atoms with Crippen molar-refractivity contribution in [2.24, 2.45) is 0 Å². The zero-order valence-corrected chi connectivity index (χ0v) is 15.4. The number of benzene rings is 1. The summed E-state index contributed by atoms with van der Waals surface area (Å²) >= 11 is 0. The Morgan fingerprint density at radius 1 is 1.23 bits per heavy atom. The van der Waals surface area contributed by atoms with E-state index >= 15 is 0 Å². The van der Waals surface area contributed by atoms with E-state index in [0.717, 1.165) is 18.5 Å². The molecular weight excluding hydrogens is 334 g/mol. The maximum absolute atomic E-state index is 12.0. The molecule has 2 aromatic rings. The molecule has 7 nitrogen and oxygen atoms in total. The maximum atomic E-state index is 12.0. The van der Waals surface area contributed by atoms with E-state index < -0.39 is 0 Å². The monoisotopic (exact) mass is 359 g/mol. The molecule has 2 rings (SSSR count). The lowest BCUT2D eigenvalue weighted by molar-refractivity contribution is -0.116. The number of carbonyl (C=O) groups is 2. The first-order valence-corrected chi connectivity index (χ1v) is 8.81. The molecule has 2 N–H and O–H groups in total. The van der Waals surface area contributed by atoms with Crippen LogP contribution in [-0.2, 0) is 11.4 Å². The molecule has 0 aliphatic carbocycles. The molecule has 7 heteroatoms. The first kappa shape index (κ1) is 19.5. The fraction of sp³-hybridized carbons (Fsp3) is 0.421. The van der Waals surface area contributed by atoms with Gasteiger partial charge >= 0.3 is 0 Å². The molecule has 1 heterocycles. The molecule has 1 aromatic carbocycles. The molecule has 0 bridgehead atoms. The van der Waals surface area contributed by atoms with Crippen LogP contribution in [0.5, 0.6) is 5.75 Å². The van der Waals surface area contributed by atoms with Crippen LogP contribution in [0, 0.1) is 0 Å². The van der Waals surface area contributed by atoms with Crippen molar-refractivity contribution in [1.82, 2.24) is 10.5 Å². The van der Waals surface area contributed by atoms with Crippen LogP contribution in [0.1, 0.15) is 56.3 Å². The summed E-state index contributed by atoms with van der Waals surface area (Å²) in [6.45, 7) is 6.04. The number of nitrogens with zero attached hydrogens (tertiary/aromatic N) is 1. The molecule has 0 aliphatic heterocycles. The molecule has 0 saturated heterocycles. The maximum Gasteiger partial charge on any atom is 0.273 e. The van der Waals surface area contributed by atoms with Crippen LogP contribution in [0.2, 0.25) is 0 Å². The van der Waals surface area contributed by atoms with Gasteiger partial charge in [0.2, 0.25) is 5.91 Å². The second kappa shape index (κ2) is 9.60. The van der Waals surface area contributed by atoms with Gasteiger partial charge in [-0.05, 0) is 44.0 Å². The number of amides is 2. The number of hydrogen-bond donors (Lipinski definition) is 2. The van der Waals surface area contributed by atoms with Crippen molar-refractivity contribution in [3.63, 3.8) is 0 Å². The second-order valence-electron chi connectivity index (χ2n) is 6.07. The van der Waals surface area contributed by atoms with Crippen molar-refractivity contribution in [3.8, 4) is 5.75 Å². The molecule has 140 valence electrons. The van der Waals surface area contributed by atoms with Crippen LogP contribution in [-0.4, -0.2) is 23.0 Å². The van der Waals surface area contributed by atoms with Gasteiger partial charge in [-0.15, -0.1) is 0 Å². The highest BCUT2D eigenvalue weighted by molar-refractivity contribution is 5.92. The Hall–Kier alpha value is -2.83. The summed E-state index contributed by atoms with van der Waals surface area (Å²) in [5.41, 5.74) is 0.956. The van der Waals surface area contributed by atoms with Crippen molar-refractivity contribution in [1.29, 1.82) is 0 Å². The highest BCUT2D eigenvalue weighted by Gasteiger charge is 2.14. The summed E-state index contributed by atoms with van der Waals surface area (Å²) in [5.74, 6) is 0.813. The van der Waals surface area contributed by atoms with E-state index in [1.807, 2.05) is 20.8 Å². The number of carbonyl (C=O) groups excluding carboxylic acids is 2. The number of nitrogens with one attached hydrogen (secondary N) is 2. The zero-order valence-electron chi connectivity index (χ0n) is 15.4. The van der Waals surface area contributed by atoms with Crippen LogP contribution in [0.25, 0.3) is 0 Å². The van der Waals surface area contributed by atoms with E-state index in [2.05, 4.69) is 15.8 Å². The Morgan fingerprint density at radius 3 is 2.62 bits per heavy atom. The summed E-state index contributed by atoms with van der Waals surface area (Å²) in [4.78, 5) is 23.5. The fourth-order valence-electron chi connectivity index (χ4n) is 2.13. The van der Waals surface area contributed by atoms with Gasteiger partial charge in [0.1, 0.15) is 12.4 Å². The van der Waals surface area contributed by atoms with Gasteiger partial charge in [0.25, 0.3) is 5.91 Å². The van der Waals surface area contributed by atoms with Gasteiger partial charge in [-0.2, -0.15) is 0 Å². The highest BCUT2D eigenvalue weighted by Crippen LogP contribution is 2.17. The van der Waals surface area contributed by atoms with E-state index in [1.165, 1.54) is 0 Å². The first-order chi connectivity index (χ1) is 12.5. The van der Waals surface area contributed by atoms with Crippen molar-refractivity contribution >= 4 is 17.5 Å². The van der Waals surface area contributed by atoms with Gasteiger partial charge in [0.15, 0.2) is 11.5 Å². The summed E-state index contributed by atoms with van der Waals surface area (Å²) in [5, 5.41) is 9.40. The molecule has 0 unspecified atom stereocenters. The van der Waals surface area contributed by atoms with Crippen molar-refractivity contribution < 1.29 is 18.8 Å². The van der Waals surface area contributed by atoms with E-state index in [0.29, 0.717) is 17.9 Å². The van der Waals surface area contributed by atoms with Crippen LogP contribution in [0.4, 0.5) is 5.69 Å². The average Bonchev–Trinajstić information content (AvgIpc) is 3.10. The predicted molar refractivity (Wildman–Crippen MR) is 98.0 cm³/mol. The van der Waals surface area contributed by atoms with Gasteiger partial charge in [-0.3, -0.25) is 9.59 Å². The normalized spacial score (nSPS) is 11.7. The molecule has 0 aliphatic rings. The minimum atomic E-state index is -0.262. The Morgan fingerprint density at radius 2 is 1.96 bits per heavy atom. The lowest BCUT2D eigenvalue weighted by Crippen LogP contribution is -2.32. The van der Waals surface area contributed by atoms with E-state index in [9.17, 15) is 9.59 Å². The lowest BCUT2D eigenvalue weighted by Gasteiger charge is -2.08. The number of rotatable bonds is 9. The first-order valence-electron chi connectivity index (χ1n) is 8.81. The van der Waals surface area contributed by atoms with E-state index in [-0.39, 0.29) is 30.2 Å². The largest absolute Gasteiger partial charge is 0.486 e. The van der Waals surface area contributed by atoms with Crippen molar-refractivity contribution in [2.75, 3.05) is 5.32 Å². The number of aromatic nitrogens is 1. The standard InChI is InChI=1S/C19H25N3O4/c1-4-6-18(23)21-14-7-9-15(10-8-14)25-12-16-11-17(22-26-16)19(24)20-13(3)5-2/h7-11,13H,4-6,12H2,1-3H3,(H,20,24)(H,21,23)/t13-/m0/s1. The Kier molecular flexibility index (Phi) is 7.20. The molecule has 0 spiro atoms. The third kappa shape index (κ3) is 5.91. The lowest BCUT2D eigenvalue weighted by atomic mass is 10.2. The summed E-state index contributed by atoms with van der Waals surface area (Å²) in [6.07, 6.45) is 2.15. The van der Waals surface area contributed by atoms with Crippen LogP contribution >= 0.6 is 0 Å². The predicted octanol–water partition coefficient (Wildman–Crippen LogP) is 3.52. The summed E-state index contributed by atoms with van der Waals surface area (Å²) in [7, 11) is 0. The average molecular weight is 359 g/mol. The summed E-state index contributed by atoms with van der Waals surface area (Å²) in [6, 6.07) is 8.71. The topological polar surface area (TPSA) is 93.5 Å². The minimum Gasteiger partial charge on any atom is -0.486 e. The number of anilines is 1. The molecule has 1 atom stereocenters. The molecule has 0 fully saturated rings. The zero-order chi connectivity index (χ0) is 18.9. The van der Waals surface area contributed by atoms with E-state index in [1.54, 1.807) is 30.3 Å². The Balaban J connectivity index is 1.85. The van der Waals surface area contributed by atoms with Crippen molar-refractivity contribution in [3.05, 3.63) is 41.8 Å². The third-order valence-electron chi connectivity index (χ3n) is 3.78. The Bertz CT molecular complexity index is 725. The molecule has 0 saturated carbocycles. The fourth-order valence-corrected chi connectivity index (χ4v) is 2.13. The van der Waals surface area contributed by atoms with Crippen molar-refractivity contribution in [2.45, 2.75) is 52.7 Å². The highest BCUT2D eigenvalue weighted by atomic mass is 16.5. The van der Waals surface area contributed by atoms with Gasteiger partial charge < -0.3 is 19.9 Å². The molecular formula is C19H25N3O4. The molecule has 0 radical (unpaired) electrons.